The summed E-state index contributed by atoms with van der Waals surface area (Å²) in [5.74, 6) is 6.50. The molecule has 2 N–H and O–H groups in total. The molecule has 2 atom stereocenters. The average Bonchev–Trinajstić information content (AvgIpc) is 3.26. The van der Waals surface area contributed by atoms with Gasteiger partial charge in [0.1, 0.15) is 17.6 Å². The summed E-state index contributed by atoms with van der Waals surface area (Å²) in [6, 6.07) is 15.3. The first-order valence-electron chi connectivity index (χ1n) is 15.1. The number of carbonyl (C=O) groups excluding carboxylic acids is 2. The molecule has 0 radical (unpaired) electrons. The van der Waals surface area contributed by atoms with Crippen molar-refractivity contribution in [3.05, 3.63) is 70.8 Å². The van der Waals surface area contributed by atoms with Gasteiger partial charge < -0.3 is 14.7 Å². The van der Waals surface area contributed by atoms with Gasteiger partial charge in [-0.2, -0.15) is 0 Å². The Hall–Kier alpha value is -3.47. The van der Waals surface area contributed by atoms with Gasteiger partial charge in [0, 0.05) is 24.1 Å². The highest BCUT2D eigenvalue weighted by atomic mass is 16.5. The number of rotatable bonds is 8. The molecule has 0 aromatic heterocycles. The minimum Gasteiger partial charge on any atom is -0.469 e. The number of nitrogens with zero attached hydrogens (tertiary/aromatic N) is 2. The fourth-order valence-electron chi connectivity index (χ4n) is 6.21. The van der Waals surface area contributed by atoms with Gasteiger partial charge in [-0.15, -0.1) is 0 Å². The monoisotopic (exact) mass is 571 g/mol. The highest BCUT2D eigenvalue weighted by Crippen LogP contribution is 2.49. The molecule has 0 bridgehead atoms. The topological polar surface area (TPSA) is 91.2 Å². The SMILES string of the molecule is CCC#Cc1cccc(C2=NC3(CCC(C(C)(C)C)CC3)N(C(C)c3ccc(C(O)NCCC(=O)OC)cc3)C2=O)c1. The summed E-state index contributed by atoms with van der Waals surface area (Å²) >= 11 is 0. The van der Waals surface area contributed by atoms with Crippen molar-refractivity contribution < 1.29 is 19.4 Å². The Balaban J connectivity index is 1.61. The lowest BCUT2D eigenvalue weighted by Gasteiger charge is -2.46. The molecule has 2 aliphatic rings. The minimum absolute atomic E-state index is 0.0501. The van der Waals surface area contributed by atoms with E-state index in [4.69, 9.17) is 4.99 Å². The Morgan fingerprint density at radius 3 is 2.45 bits per heavy atom. The fourth-order valence-corrected chi connectivity index (χ4v) is 6.21. The van der Waals surface area contributed by atoms with Crippen molar-refractivity contribution >= 4 is 17.6 Å². The standard InChI is InChI=1S/C35H45N3O4/c1-7-8-10-25-11-9-12-28(23-25)31-33(41)38(35(37-31)20-17-29(18-21-35)34(3,4)5)24(2)26-13-15-27(16-14-26)32(40)36-22-19-30(39)42-6/h9,11-16,23-24,29,32,36,40H,7,17-22H2,1-6H3. The molecule has 2 unspecified atom stereocenters. The quantitative estimate of drug-likeness (QED) is 0.233. The molecular formula is C35H45N3O4. The summed E-state index contributed by atoms with van der Waals surface area (Å²) in [7, 11) is 1.34. The highest BCUT2D eigenvalue weighted by Gasteiger charge is 2.51. The Morgan fingerprint density at radius 1 is 1.17 bits per heavy atom. The fraction of sp³-hybridized carbons (Fsp3) is 0.514. The van der Waals surface area contributed by atoms with Crippen molar-refractivity contribution in [1.29, 1.82) is 0 Å². The number of hydrogen-bond acceptors (Lipinski definition) is 6. The van der Waals surface area contributed by atoms with Crippen LogP contribution in [0.3, 0.4) is 0 Å². The normalized spacial score (nSPS) is 21.9. The van der Waals surface area contributed by atoms with Gasteiger partial charge in [0.15, 0.2) is 0 Å². The van der Waals surface area contributed by atoms with Crippen LogP contribution in [0.5, 0.6) is 0 Å². The van der Waals surface area contributed by atoms with Crippen molar-refractivity contribution in [3.8, 4) is 11.8 Å². The van der Waals surface area contributed by atoms with E-state index >= 15 is 0 Å². The van der Waals surface area contributed by atoms with Gasteiger partial charge >= 0.3 is 5.97 Å². The predicted molar refractivity (Wildman–Crippen MR) is 166 cm³/mol. The molecular weight excluding hydrogens is 526 g/mol. The maximum Gasteiger partial charge on any atom is 0.306 e. The van der Waals surface area contributed by atoms with E-state index < -0.39 is 11.9 Å². The second kappa shape index (κ2) is 13.2. The molecule has 2 aromatic rings. The van der Waals surface area contributed by atoms with Crippen LogP contribution < -0.4 is 5.32 Å². The lowest BCUT2D eigenvalue weighted by Crippen LogP contribution is -2.50. The summed E-state index contributed by atoms with van der Waals surface area (Å²) in [6.07, 6.45) is 3.71. The number of esters is 1. The number of benzene rings is 2. The Morgan fingerprint density at radius 2 is 1.83 bits per heavy atom. The van der Waals surface area contributed by atoms with E-state index in [1.807, 2.05) is 60.4 Å². The van der Waals surface area contributed by atoms with E-state index in [0.29, 0.717) is 23.7 Å². The zero-order chi connectivity index (χ0) is 30.5. The first kappa shape index (κ1) is 31.5. The average molecular weight is 572 g/mol. The van der Waals surface area contributed by atoms with E-state index in [9.17, 15) is 14.7 Å². The number of hydrogen-bond donors (Lipinski definition) is 2. The Labute approximate surface area is 250 Å². The number of methoxy groups -OCH3 is 1. The number of carbonyl (C=O) groups is 2. The second-order valence-electron chi connectivity index (χ2n) is 12.5. The van der Waals surface area contributed by atoms with Gasteiger partial charge in [-0.1, -0.05) is 75.9 Å². The third-order valence-corrected chi connectivity index (χ3v) is 8.76. The molecule has 224 valence electrons. The van der Waals surface area contributed by atoms with Crippen LogP contribution >= 0.6 is 0 Å². The molecule has 4 rings (SSSR count). The van der Waals surface area contributed by atoms with Crippen LogP contribution in [0.25, 0.3) is 0 Å². The lowest BCUT2D eigenvalue weighted by molar-refractivity contribution is -0.140. The molecule has 7 nitrogen and oxygen atoms in total. The molecule has 2 aromatic carbocycles. The number of ether oxygens (including phenoxy) is 1. The smallest absolute Gasteiger partial charge is 0.306 e. The molecule has 1 heterocycles. The zero-order valence-electron chi connectivity index (χ0n) is 25.9. The number of aliphatic hydroxyl groups excluding tert-OH is 1. The van der Waals surface area contributed by atoms with Crippen molar-refractivity contribution in [2.24, 2.45) is 16.3 Å². The van der Waals surface area contributed by atoms with Crippen molar-refractivity contribution in [1.82, 2.24) is 10.2 Å². The molecule has 1 saturated carbocycles. The van der Waals surface area contributed by atoms with Gasteiger partial charge in [-0.05, 0) is 67.2 Å². The number of amides is 1. The predicted octanol–water partition coefficient (Wildman–Crippen LogP) is 5.92. The van der Waals surface area contributed by atoms with Crippen LogP contribution in [-0.4, -0.2) is 46.9 Å². The van der Waals surface area contributed by atoms with Crippen LogP contribution in [0, 0.1) is 23.2 Å². The molecule has 1 aliphatic heterocycles. The van der Waals surface area contributed by atoms with Crippen molar-refractivity contribution in [2.75, 3.05) is 13.7 Å². The Kier molecular flexibility index (Phi) is 9.91. The van der Waals surface area contributed by atoms with E-state index in [-0.39, 0.29) is 29.8 Å². The summed E-state index contributed by atoms with van der Waals surface area (Å²) < 4.78 is 4.66. The number of aliphatic imine (C=N–C) groups is 1. The third-order valence-electron chi connectivity index (χ3n) is 8.76. The third kappa shape index (κ3) is 6.94. The maximum atomic E-state index is 14.2. The van der Waals surface area contributed by atoms with Gasteiger partial charge in [0.05, 0.1) is 19.6 Å². The highest BCUT2D eigenvalue weighted by molar-refractivity contribution is 6.46. The molecule has 1 fully saturated rings. The van der Waals surface area contributed by atoms with E-state index in [1.165, 1.54) is 7.11 Å². The molecule has 1 spiro atoms. The molecule has 7 heteroatoms. The summed E-state index contributed by atoms with van der Waals surface area (Å²) in [4.78, 5) is 32.9. The van der Waals surface area contributed by atoms with Crippen LogP contribution in [-0.2, 0) is 14.3 Å². The van der Waals surface area contributed by atoms with Crippen LogP contribution in [0.15, 0.2) is 53.5 Å². The van der Waals surface area contributed by atoms with Crippen LogP contribution in [0.1, 0.15) is 108 Å². The number of nitrogens with one attached hydrogen (secondary N) is 1. The molecule has 1 aliphatic carbocycles. The first-order chi connectivity index (χ1) is 20.0. The largest absolute Gasteiger partial charge is 0.469 e. The zero-order valence-corrected chi connectivity index (χ0v) is 25.9. The second-order valence-corrected chi connectivity index (χ2v) is 12.5. The van der Waals surface area contributed by atoms with Gasteiger partial charge in [0.2, 0.25) is 0 Å². The summed E-state index contributed by atoms with van der Waals surface area (Å²) in [6.45, 7) is 11.3. The Bertz CT molecular complexity index is 1360. The first-order valence-corrected chi connectivity index (χ1v) is 15.1. The van der Waals surface area contributed by atoms with Gasteiger partial charge in [0.25, 0.3) is 5.91 Å². The van der Waals surface area contributed by atoms with Crippen LogP contribution in [0.2, 0.25) is 0 Å². The maximum absolute atomic E-state index is 14.2. The molecule has 42 heavy (non-hydrogen) atoms. The van der Waals surface area contributed by atoms with E-state index in [0.717, 1.165) is 48.8 Å². The molecule has 1 amide bonds. The lowest BCUT2D eigenvalue weighted by atomic mass is 9.69. The van der Waals surface area contributed by atoms with E-state index in [1.54, 1.807) is 0 Å². The van der Waals surface area contributed by atoms with Crippen molar-refractivity contribution in [2.45, 2.75) is 91.1 Å². The summed E-state index contributed by atoms with van der Waals surface area (Å²) in [5.41, 5.74) is 3.49. The summed E-state index contributed by atoms with van der Waals surface area (Å²) in [5, 5.41) is 13.5. The molecule has 0 saturated heterocycles. The van der Waals surface area contributed by atoms with Gasteiger partial charge in [-0.3, -0.25) is 19.9 Å². The minimum atomic E-state index is -0.913. The number of aliphatic hydroxyl groups is 1. The van der Waals surface area contributed by atoms with E-state index in [2.05, 4.69) is 49.6 Å². The van der Waals surface area contributed by atoms with Crippen molar-refractivity contribution in [3.63, 3.8) is 0 Å². The van der Waals surface area contributed by atoms with Crippen LogP contribution in [0.4, 0.5) is 0 Å². The van der Waals surface area contributed by atoms with Gasteiger partial charge in [-0.25, -0.2) is 0 Å².